The zero-order valence-electron chi connectivity index (χ0n) is 12.8. The van der Waals surface area contributed by atoms with Gasteiger partial charge in [0.2, 0.25) is 6.29 Å². The Morgan fingerprint density at radius 2 is 1.75 bits per heavy atom. The summed E-state index contributed by atoms with van der Waals surface area (Å²) in [4.78, 5) is 0. The first-order chi connectivity index (χ1) is 11.5. The third kappa shape index (κ3) is 2.98. The summed E-state index contributed by atoms with van der Waals surface area (Å²) in [6.07, 6.45) is -4.27. The van der Waals surface area contributed by atoms with Crippen LogP contribution in [0.5, 0.6) is 0 Å². The van der Waals surface area contributed by atoms with Gasteiger partial charge in [-0.1, -0.05) is 6.08 Å². The summed E-state index contributed by atoms with van der Waals surface area (Å²) >= 11 is 0. The molecule has 0 aromatic rings. The van der Waals surface area contributed by atoms with E-state index in [9.17, 15) is 30.6 Å². The first-order valence-corrected chi connectivity index (χ1v) is 7.75. The van der Waals surface area contributed by atoms with Gasteiger partial charge in [-0.05, 0) is 11.6 Å². The Hall–Kier alpha value is -1.04. The van der Waals surface area contributed by atoms with Gasteiger partial charge in [0, 0.05) is 5.92 Å². The summed E-state index contributed by atoms with van der Waals surface area (Å²) in [7, 11) is 0. The molecule has 0 bridgehead atoms. The topological polar surface area (TPSA) is 149 Å². The maximum absolute atomic E-state index is 10.0. The summed E-state index contributed by atoms with van der Waals surface area (Å²) in [6, 6.07) is 0. The van der Waals surface area contributed by atoms with Crippen LogP contribution in [0.1, 0.15) is 0 Å². The molecule has 3 aliphatic rings. The van der Waals surface area contributed by atoms with Gasteiger partial charge >= 0.3 is 0 Å². The molecule has 1 aliphatic carbocycles. The number of fused-ring (bicyclic) bond motifs is 1. The Labute approximate surface area is 138 Å². The molecule has 9 heteroatoms. The molecular formula is C15H22O9. The van der Waals surface area contributed by atoms with Gasteiger partial charge in [0.05, 0.1) is 31.5 Å². The van der Waals surface area contributed by atoms with Crippen molar-refractivity contribution >= 4 is 0 Å². The molecule has 24 heavy (non-hydrogen) atoms. The molecular weight excluding hydrogens is 324 g/mol. The number of aliphatic hydroxyl groups is 6. The molecule has 136 valence electrons. The molecule has 9 nitrogen and oxygen atoms in total. The Bertz CT molecular complexity index is 505. The van der Waals surface area contributed by atoms with Crippen molar-refractivity contribution in [3.63, 3.8) is 0 Å². The number of ether oxygens (including phenoxy) is 3. The minimum Gasteiger partial charge on any atom is -0.472 e. The van der Waals surface area contributed by atoms with Gasteiger partial charge in [0.25, 0.3) is 0 Å². The van der Waals surface area contributed by atoms with Crippen LogP contribution < -0.4 is 0 Å². The van der Waals surface area contributed by atoms with Crippen LogP contribution in [0.3, 0.4) is 0 Å². The fraction of sp³-hybridized carbons (Fsp3) is 0.733. The lowest BCUT2D eigenvalue weighted by Crippen LogP contribution is -2.60. The summed E-state index contributed by atoms with van der Waals surface area (Å²) < 4.78 is 16.3. The summed E-state index contributed by atoms with van der Waals surface area (Å²) in [5, 5.41) is 58.3. The van der Waals surface area contributed by atoms with E-state index in [1.54, 1.807) is 6.08 Å². The molecule has 0 amide bonds. The van der Waals surface area contributed by atoms with Crippen molar-refractivity contribution in [2.24, 2.45) is 11.8 Å². The van der Waals surface area contributed by atoms with Crippen molar-refractivity contribution in [2.75, 3.05) is 13.2 Å². The third-order valence-corrected chi connectivity index (χ3v) is 4.73. The van der Waals surface area contributed by atoms with Gasteiger partial charge in [-0.25, -0.2) is 0 Å². The lowest BCUT2D eigenvalue weighted by Gasteiger charge is -2.42. The third-order valence-electron chi connectivity index (χ3n) is 4.73. The summed E-state index contributed by atoms with van der Waals surface area (Å²) in [5.74, 6) is -0.835. The van der Waals surface area contributed by atoms with Gasteiger partial charge in [-0.2, -0.15) is 0 Å². The van der Waals surface area contributed by atoms with E-state index in [4.69, 9.17) is 14.2 Å². The van der Waals surface area contributed by atoms with E-state index in [2.05, 4.69) is 0 Å². The molecule has 0 aromatic carbocycles. The van der Waals surface area contributed by atoms with Crippen molar-refractivity contribution in [3.8, 4) is 0 Å². The van der Waals surface area contributed by atoms with Crippen molar-refractivity contribution in [1.29, 1.82) is 0 Å². The summed E-state index contributed by atoms with van der Waals surface area (Å²) in [6.45, 7) is -0.854. The molecule has 2 aliphatic heterocycles. The van der Waals surface area contributed by atoms with E-state index in [0.29, 0.717) is 5.57 Å². The highest BCUT2D eigenvalue weighted by molar-refractivity contribution is 5.25. The monoisotopic (exact) mass is 346 g/mol. The van der Waals surface area contributed by atoms with E-state index < -0.39 is 55.6 Å². The van der Waals surface area contributed by atoms with Crippen LogP contribution in [-0.4, -0.2) is 87.0 Å². The van der Waals surface area contributed by atoms with Gasteiger partial charge in [0.1, 0.15) is 24.4 Å². The maximum atomic E-state index is 10.0. The molecule has 9 atom stereocenters. The van der Waals surface area contributed by atoms with Crippen LogP contribution in [0.25, 0.3) is 0 Å². The molecule has 6 N–H and O–H groups in total. The number of hydrogen-bond acceptors (Lipinski definition) is 9. The van der Waals surface area contributed by atoms with Crippen LogP contribution in [-0.2, 0) is 14.2 Å². The molecule has 1 saturated heterocycles. The Kier molecular flexibility index (Phi) is 5.23. The fourth-order valence-electron chi connectivity index (χ4n) is 3.38. The lowest BCUT2D eigenvalue weighted by molar-refractivity contribution is -0.339. The van der Waals surface area contributed by atoms with Crippen LogP contribution in [0.15, 0.2) is 24.0 Å². The fourth-order valence-corrected chi connectivity index (χ4v) is 3.38. The second-order valence-corrected chi connectivity index (χ2v) is 6.16. The zero-order chi connectivity index (χ0) is 17.4. The van der Waals surface area contributed by atoms with Crippen molar-refractivity contribution in [2.45, 2.75) is 43.1 Å². The molecule has 2 heterocycles. The van der Waals surface area contributed by atoms with Crippen molar-refractivity contribution < 1.29 is 44.8 Å². The minimum absolute atomic E-state index is 0.288. The number of hydrogen-bond donors (Lipinski definition) is 6. The SMILES string of the molecule is OCC1=CC(O)[C@@H]2C=COC(OC3OC(CO)C(O)C(O)C3O)[C@H]12. The van der Waals surface area contributed by atoms with E-state index in [1.165, 1.54) is 12.3 Å². The predicted octanol–water partition coefficient (Wildman–Crippen LogP) is -2.80. The van der Waals surface area contributed by atoms with Crippen LogP contribution >= 0.6 is 0 Å². The normalized spacial score (nSPS) is 47.9. The second-order valence-electron chi connectivity index (χ2n) is 6.16. The first kappa shape index (κ1) is 17.8. The molecule has 0 saturated carbocycles. The number of aliphatic hydroxyl groups excluding tert-OH is 6. The van der Waals surface area contributed by atoms with Crippen molar-refractivity contribution in [1.82, 2.24) is 0 Å². The standard InChI is InChI=1S/C15H22O9/c16-4-6-3-8(18)7-1-2-22-14(10(6)7)24-15-13(21)12(20)11(19)9(5-17)23-15/h1-3,7-21H,4-5H2/t7-,8?,9?,10+,11?,12?,13?,14?,15?/m0/s1. The summed E-state index contributed by atoms with van der Waals surface area (Å²) in [5.41, 5.74) is 0.534. The Morgan fingerprint density at radius 3 is 2.42 bits per heavy atom. The predicted molar refractivity (Wildman–Crippen MR) is 77.0 cm³/mol. The largest absolute Gasteiger partial charge is 0.472 e. The average molecular weight is 346 g/mol. The number of rotatable bonds is 4. The highest BCUT2D eigenvalue weighted by Gasteiger charge is 2.49. The average Bonchev–Trinajstić information content (AvgIpc) is 2.92. The van der Waals surface area contributed by atoms with Gasteiger partial charge < -0.3 is 44.8 Å². The highest BCUT2D eigenvalue weighted by atomic mass is 16.8. The van der Waals surface area contributed by atoms with Crippen LogP contribution in [0.4, 0.5) is 0 Å². The Morgan fingerprint density at radius 1 is 1.00 bits per heavy atom. The molecule has 3 rings (SSSR count). The van der Waals surface area contributed by atoms with E-state index >= 15 is 0 Å². The maximum Gasteiger partial charge on any atom is 0.209 e. The Balaban J connectivity index is 1.75. The highest BCUT2D eigenvalue weighted by Crippen LogP contribution is 2.40. The molecule has 0 spiro atoms. The zero-order valence-corrected chi connectivity index (χ0v) is 12.8. The second kappa shape index (κ2) is 7.06. The van der Waals surface area contributed by atoms with Crippen LogP contribution in [0.2, 0.25) is 0 Å². The van der Waals surface area contributed by atoms with E-state index in [0.717, 1.165) is 0 Å². The first-order valence-electron chi connectivity index (χ1n) is 7.75. The molecule has 0 radical (unpaired) electrons. The molecule has 7 unspecified atom stereocenters. The lowest BCUT2D eigenvalue weighted by atomic mass is 9.88. The van der Waals surface area contributed by atoms with Gasteiger partial charge in [-0.3, -0.25) is 0 Å². The van der Waals surface area contributed by atoms with Gasteiger partial charge in [-0.15, -0.1) is 0 Å². The van der Waals surface area contributed by atoms with Crippen LogP contribution in [0, 0.1) is 11.8 Å². The van der Waals surface area contributed by atoms with Gasteiger partial charge in [0.15, 0.2) is 6.29 Å². The molecule has 0 aromatic heterocycles. The quantitative estimate of drug-likeness (QED) is 0.297. The smallest absolute Gasteiger partial charge is 0.209 e. The molecule has 1 fully saturated rings. The van der Waals surface area contributed by atoms with E-state index in [-0.39, 0.29) is 12.5 Å². The van der Waals surface area contributed by atoms with Crippen molar-refractivity contribution in [3.05, 3.63) is 24.0 Å². The van der Waals surface area contributed by atoms with E-state index in [1.807, 2.05) is 0 Å². The minimum atomic E-state index is -1.56.